The molecule has 14 heteroatoms. The van der Waals surface area contributed by atoms with Crippen LogP contribution in [0.5, 0.6) is 5.75 Å². The molecule has 1 fully saturated rings. The van der Waals surface area contributed by atoms with E-state index in [-0.39, 0.29) is 22.5 Å². The number of halogens is 4. The number of nitrogens with zero attached hydrogens (tertiary/aromatic N) is 3. The SMILES string of the molecule is CN(C(=O)OC(C)(C)C)[C@@H]1CCN(c2ccc(-n3ccc4cc(OS(=O)(=O)C(F)(F)F)ccc4c3=O)cc2F)C1. The van der Waals surface area contributed by atoms with Crippen LogP contribution in [0.25, 0.3) is 16.5 Å². The fraction of sp³-hybridized carbons (Fsp3) is 0.385. The van der Waals surface area contributed by atoms with Crippen molar-refractivity contribution in [2.24, 2.45) is 0 Å². The lowest BCUT2D eigenvalue weighted by molar-refractivity contribution is -0.0500. The molecule has 1 amide bonds. The molecule has 0 N–H and O–H groups in total. The van der Waals surface area contributed by atoms with Gasteiger partial charge in [-0.05, 0) is 69.0 Å². The number of aromatic nitrogens is 1. The molecule has 1 aliphatic rings. The van der Waals surface area contributed by atoms with Gasteiger partial charge < -0.3 is 18.7 Å². The fourth-order valence-corrected chi connectivity index (χ4v) is 4.77. The molecule has 0 radical (unpaired) electrons. The van der Waals surface area contributed by atoms with Crippen LogP contribution in [0.3, 0.4) is 0 Å². The van der Waals surface area contributed by atoms with E-state index in [0.717, 1.165) is 22.8 Å². The number of hydrogen-bond donors (Lipinski definition) is 0. The molecule has 1 atom stereocenters. The Hall–Kier alpha value is -3.81. The molecule has 0 bridgehead atoms. The van der Waals surface area contributed by atoms with Crippen molar-refractivity contribution < 1.29 is 39.7 Å². The molecular weight excluding hydrogens is 558 g/mol. The lowest BCUT2D eigenvalue weighted by Crippen LogP contribution is -2.42. The Balaban J connectivity index is 1.54. The first-order chi connectivity index (χ1) is 18.5. The summed E-state index contributed by atoms with van der Waals surface area (Å²) in [5, 5.41) is 0.182. The minimum absolute atomic E-state index is 0.0521. The lowest BCUT2D eigenvalue weighted by atomic mass is 10.1. The number of hydrogen-bond acceptors (Lipinski definition) is 7. The largest absolute Gasteiger partial charge is 0.534 e. The molecule has 1 aliphatic heterocycles. The number of anilines is 1. The van der Waals surface area contributed by atoms with E-state index < -0.39 is 44.4 Å². The second kappa shape index (κ2) is 10.3. The van der Waals surface area contributed by atoms with E-state index in [2.05, 4.69) is 4.18 Å². The third-order valence-electron chi connectivity index (χ3n) is 6.31. The predicted octanol–water partition coefficient (Wildman–Crippen LogP) is 4.80. The molecule has 0 aliphatic carbocycles. The summed E-state index contributed by atoms with van der Waals surface area (Å²) in [5.41, 5.74) is -6.35. The van der Waals surface area contributed by atoms with Gasteiger partial charge in [0.05, 0.1) is 17.4 Å². The van der Waals surface area contributed by atoms with E-state index in [1.54, 1.807) is 38.8 Å². The van der Waals surface area contributed by atoms with Gasteiger partial charge in [0, 0.05) is 37.8 Å². The number of amides is 1. The summed E-state index contributed by atoms with van der Waals surface area (Å²) in [6, 6.07) is 8.49. The van der Waals surface area contributed by atoms with Crippen LogP contribution in [0.1, 0.15) is 27.2 Å². The van der Waals surface area contributed by atoms with Crippen molar-refractivity contribution in [3.8, 4) is 11.4 Å². The van der Waals surface area contributed by atoms with Gasteiger partial charge in [0.25, 0.3) is 5.56 Å². The molecule has 4 rings (SSSR count). The monoisotopic (exact) mass is 585 g/mol. The van der Waals surface area contributed by atoms with Gasteiger partial charge in [-0.25, -0.2) is 9.18 Å². The third kappa shape index (κ3) is 6.01. The van der Waals surface area contributed by atoms with Crippen molar-refractivity contribution >= 4 is 32.7 Å². The van der Waals surface area contributed by atoms with Crippen LogP contribution < -0.4 is 14.6 Å². The van der Waals surface area contributed by atoms with E-state index in [4.69, 9.17) is 4.74 Å². The molecule has 0 spiro atoms. The number of ether oxygens (including phenoxy) is 1. The Morgan fingerprint density at radius 3 is 2.40 bits per heavy atom. The Morgan fingerprint density at radius 2 is 1.77 bits per heavy atom. The van der Waals surface area contributed by atoms with Gasteiger partial charge in [-0.1, -0.05) is 0 Å². The second-order valence-corrected chi connectivity index (χ2v) is 11.9. The summed E-state index contributed by atoms with van der Waals surface area (Å²) in [4.78, 5) is 28.8. The lowest BCUT2D eigenvalue weighted by Gasteiger charge is -2.29. The van der Waals surface area contributed by atoms with Gasteiger partial charge in [-0.3, -0.25) is 9.36 Å². The summed E-state index contributed by atoms with van der Waals surface area (Å²) in [7, 11) is -4.23. The molecule has 0 unspecified atom stereocenters. The zero-order chi connectivity index (χ0) is 29.6. The van der Waals surface area contributed by atoms with Gasteiger partial charge >= 0.3 is 21.7 Å². The van der Waals surface area contributed by atoms with E-state index in [9.17, 15) is 31.2 Å². The summed E-state index contributed by atoms with van der Waals surface area (Å²) in [6.45, 7) is 6.20. The highest BCUT2D eigenvalue weighted by Gasteiger charge is 2.48. The average molecular weight is 586 g/mol. The molecule has 3 aromatic rings. The van der Waals surface area contributed by atoms with Crippen LogP contribution in [-0.2, 0) is 14.9 Å². The number of rotatable bonds is 5. The normalized spacial score (nSPS) is 16.3. The van der Waals surface area contributed by atoms with Crippen LogP contribution in [0, 0.1) is 5.82 Å². The Kier molecular flexibility index (Phi) is 7.52. The highest BCUT2D eigenvalue weighted by Crippen LogP contribution is 2.30. The highest BCUT2D eigenvalue weighted by atomic mass is 32.2. The number of fused-ring (bicyclic) bond motifs is 1. The number of carbonyl (C=O) groups excluding carboxylic acids is 1. The summed E-state index contributed by atoms with van der Waals surface area (Å²) in [5.74, 6) is -1.20. The predicted molar refractivity (Wildman–Crippen MR) is 140 cm³/mol. The maximum atomic E-state index is 15.2. The standard InChI is InChI=1S/C26H27F4N3O6S/c1-25(2,3)38-24(35)31(4)18-10-11-32(15-18)22-8-5-17(14-21(22)27)33-12-9-16-13-19(6-7-20(16)23(33)34)39-40(36,37)26(28,29)30/h5-9,12-14,18H,10-11,15H2,1-4H3/t18-/m1/s1. The minimum Gasteiger partial charge on any atom is -0.444 e. The van der Waals surface area contributed by atoms with Gasteiger partial charge in [0.2, 0.25) is 0 Å². The van der Waals surface area contributed by atoms with Crippen molar-refractivity contribution in [3.05, 3.63) is 64.8 Å². The maximum absolute atomic E-state index is 15.2. The van der Waals surface area contributed by atoms with Crippen LogP contribution in [0.15, 0.2) is 53.5 Å². The number of likely N-dealkylation sites (N-methyl/N-ethyl adjacent to an activating group) is 1. The molecule has 0 saturated carbocycles. The van der Waals surface area contributed by atoms with Crippen LogP contribution >= 0.6 is 0 Å². The maximum Gasteiger partial charge on any atom is 0.534 e. The Bertz CT molecular complexity index is 1620. The molecule has 40 heavy (non-hydrogen) atoms. The number of pyridine rings is 1. The summed E-state index contributed by atoms with van der Waals surface area (Å²) in [6.07, 6.45) is 1.44. The number of benzene rings is 2. The molecular formula is C26H27F4N3O6S. The van der Waals surface area contributed by atoms with Gasteiger partial charge in [-0.2, -0.15) is 21.6 Å². The number of carbonyl (C=O) groups is 1. The van der Waals surface area contributed by atoms with Crippen LogP contribution in [0.4, 0.5) is 28.0 Å². The zero-order valence-corrected chi connectivity index (χ0v) is 22.8. The van der Waals surface area contributed by atoms with Crippen molar-refractivity contribution in [1.29, 1.82) is 0 Å². The van der Waals surface area contributed by atoms with Crippen molar-refractivity contribution in [3.63, 3.8) is 0 Å². The van der Waals surface area contributed by atoms with Crippen molar-refractivity contribution in [2.45, 2.75) is 44.3 Å². The van der Waals surface area contributed by atoms with E-state index in [1.165, 1.54) is 29.3 Å². The molecule has 2 aromatic carbocycles. The van der Waals surface area contributed by atoms with E-state index >= 15 is 4.39 Å². The number of alkyl halides is 3. The van der Waals surface area contributed by atoms with Crippen LogP contribution in [-0.4, -0.2) is 61.3 Å². The van der Waals surface area contributed by atoms with Gasteiger partial charge in [0.1, 0.15) is 17.2 Å². The zero-order valence-electron chi connectivity index (χ0n) is 22.0. The first-order valence-corrected chi connectivity index (χ1v) is 13.5. The molecule has 216 valence electrons. The van der Waals surface area contributed by atoms with Crippen molar-refractivity contribution in [1.82, 2.24) is 9.47 Å². The molecule has 1 aromatic heterocycles. The highest BCUT2D eigenvalue weighted by molar-refractivity contribution is 7.88. The van der Waals surface area contributed by atoms with E-state index in [1.807, 2.05) is 0 Å². The minimum atomic E-state index is -5.87. The van der Waals surface area contributed by atoms with Crippen molar-refractivity contribution in [2.75, 3.05) is 25.0 Å². The molecule has 2 heterocycles. The first-order valence-electron chi connectivity index (χ1n) is 12.1. The smallest absolute Gasteiger partial charge is 0.444 e. The summed E-state index contributed by atoms with van der Waals surface area (Å²) < 4.78 is 86.3. The molecule has 1 saturated heterocycles. The van der Waals surface area contributed by atoms with E-state index in [0.29, 0.717) is 25.2 Å². The molecule has 9 nitrogen and oxygen atoms in total. The second-order valence-electron chi connectivity index (χ2n) is 10.3. The summed E-state index contributed by atoms with van der Waals surface area (Å²) >= 11 is 0. The van der Waals surface area contributed by atoms with Gasteiger partial charge in [0.15, 0.2) is 0 Å². The quantitative estimate of drug-likeness (QED) is 0.241. The third-order valence-corrected chi connectivity index (χ3v) is 7.29. The topological polar surface area (TPSA) is 98.1 Å². The Morgan fingerprint density at radius 1 is 1.07 bits per heavy atom. The average Bonchev–Trinajstić information content (AvgIpc) is 3.31. The van der Waals surface area contributed by atoms with Crippen LogP contribution in [0.2, 0.25) is 0 Å². The van der Waals surface area contributed by atoms with Gasteiger partial charge in [-0.15, -0.1) is 0 Å². The first kappa shape index (κ1) is 29.2. The Labute approximate surface area is 227 Å². The fourth-order valence-electron chi connectivity index (χ4n) is 4.32.